The monoisotopic (exact) mass is 329 g/mol. The van der Waals surface area contributed by atoms with E-state index in [0.717, 1.165) is 5.69 Å². The van der Waals surface area contributed by atoms with Crippen LogP contribution < -0.4 is 10.9 Å². The summed E-state index contributed by atoms with van der Waals surface area (Å²) in [6.07, 6.45) is 3.16. The van der Waals surface area contributed by atoms with Crippen LogP contribution in [-0.2, 0) is 0 Å². The van der Waals surface area contributed by atoms with Gasteiger partial charge in [0.2, 0.25) is 0 Å². The van der Waals surface area contributed by atoms with Crippen molar-refractivity contribution in [3.05, 3.63) is 51.5 Å². The summed E-state index contributed by atoms with van der Waals surface area (Å²) in [5.74, 6) is -0.300. The van der Waals surface area contributed by atoms with Crippen LogP contribution in [0.15, 0.2) is 34.7 Å². The first-order valence-corrected chi connectivity index (χ1v) is 7.92. The van der Waals surface area contributed by atoms with Crippen molar-refractivity contribution in [3.8, 4) is 10.7 Å². The van der Waals surface area contributed by atoms with Crippen LogP contribution in [0.25, 0.3) is 10.7 Å². The molecule has 1 amide bonds. The molecule has 0 atom stereocenters. The predicted octanol–water partition coefficient (Wildman–Crippen LogP) is 2.60. The Morgan fingerprint density at radius 2 is 2.17 bits per heavy atom. The average molecular weight is 329 g/mol. The summed E-state index contributed by atoms with van der Waals surface area (Å²) >= 11 is 1.42. The second kappa shape index (κ2) is 6.17. The molecule has 0 aliphatic carbocycles. The van der Waals surface area contributed by atoms with Gasteiger partial charge >= 0.3 is 0 Å². The molecule has 0 aromatic carbocycles. The third-order valence-corrected chi connectivity index (χ3v) is 4.12. The van der Waals surface area contributed by atoms with Crippen LogP contribution in [-0.4, -0.2) is 26.1 Å². The molecule has 0 aliphatic heterocycles. The normalized spacial score (nSPS) is 10.9. The van der Waals surface area contributed by atoms with E-state index in [0.29, 0.717) is 16.4 Å². The summed E-state index contributed by atoms with van der Waals surface area (Å²) in [5.41, 5.74) is 1.54. The number of hydrogen-bond donors (Lipinski definition) is 3. The van der Waals surface area contributed by atoms with Crippen LogP contribution in [0.4, 0.5) is 5.69 Å². The number of nitrogens with one attached hydrogen (secondary N) is 3. The zero-order valence-corrected chi connectivity index (χ0v) is 13.4. The molecule has 7 nitrogen and oxygen atoms in total. The first-order valence-electron chi connectivity index (χ1n) is 7.04. The summed E-state index contributed by atoms with van der Waals surface area (Å²) < 4.78 is 0. The number of H-pyrrole nitrogens is 2. The summed E-state index contributed by atoms with van der Waals surface area (Å²) in [7, 11) is 0. The number of carbonyl (C=O) groups is 1. The zero-order valence-electron chi connectivity index (χ0n) is 12.6. The molecule has 3 aromatic heterocycles. The van der Waals surface area contributed by atoms with Crippen molar-refractivity contribution in [2.75, 3.05) is 5.32 Å². The molecule has 0 unspecified atom stereocenters. The number of anilines is 1. The van der Waals surface area contributed by atoms with Crippen LogP contribution in [0.3, 0.4) is 0 Å². The summed E-state index contributed by atoms with van der Waals surface area (Å²) in [4.78, 5) is 31.3. The lowest BCUT2D eigenvalue weighted by Crippen LogP contribution is -2.24. The van der Waals surface area contributed by atoms with Gasteiger partial charge in [0, 0.05) is 17.3 Å². The van der Waals surface area contributed by atoms with E-state index >= 15 is 0 Å². The lowest BCUT2D eigenvalue weighted by molar-refractivity contribution is 0.102. The van der Waals surface area contributed by atoms with E-state index in [2.05, 4.69) is 25.5 Å². The fourth-order valence-corrected chi connectivity index (χ4v) is 2.73. The van der Waals surface area contributed by atoms with Crippen molar-refractivity contribution >= 4 is 22.9 Å². The highest BCUT2D eigenvalue weighted by molar-refractivity contribution is 7.13. The van der Waals surface area contributed by atoms with E-state index in [-0.39, 0.29) is 11.5 Å². The maximum absolute atomic E-state index is 12.3. The molecule has 0 saturated carbocycles. The van der Waals surface area contributed by atoms with E-state index in [9.17, 15) is 9.59 Å². The first kappa shape index (κ1) is 15.2. The second-order valence-corrected chi connectivity index (χ2v) is 6.16. The highest BCUT2D eigenvalue weighted by Crippen LogP contribution is 2.27. The van der Waals surface area contributed by atoms with Crippen molar-refractivity contribution in [1.29, 1.82) is 0 Å². The van der Waals surface area contributed by atoms with Crippen molar-refractivity contribution < 1.29 is 4.79 Å². The van der Waals surface area contributed by atoms with E-state index in [1.54, 1.807) is 12.3 Å². The molecule has 3 aromatic rings. The van der Waals surface area contributed by atoms with E-state index in [1.807, 2.05) is 19.2 Å². The Hall–Kier alpha value is -2.74. The SMILES string of the molecule is CC(C)c1ccc(C(=O)Nc2cn[nH]c2-c2nccs2)c(=O)[nH]1. The number of aromatic nitrogens is 4. The van der Waals surface area contributed by atoms with E-state index < -0.39 is 11.5 Å². The number of hydrogen-bond acceptors (Lipinski definition) is 5. The van der Waals surface area contributed by atoms with Gasteiger partial charge in [-0.05, 0) is 18.1 Å². The summed E-state index contributed by atoms with van der Waals surface area (Å²) in [6, 6.07) is 3.28. The predicted molar refractivity (Wildman–Crippen MR) is 88.8 cm³/mol. The lowest BCUT2D eigenvalue weighted by atomic mass is 10.1. The molecule has 0 spiro atoms. The molecule has 3 heterocycles. The third kappa shape index (κ3) is 3.07. The van der Waals surface area contributed by atoms with Crippen LogP contribution in [0.1, 0.15) is 35.8 Å². The Morgan fingerprint density at radius 3 is 2.83 bits per heavy atom. The van der Waals surface area contributed by atoms with Gasteiger partial charge in [-0.25, -0.2) is 4.98 Å². The van der Waals surface area contributed by atoms with Crippen molar-refractivity contribution in [3.63, 3.8) is 0 Å². The van der Waals surface area contributed by atoms with Crippen LogP contribution in [0, 0.1) is 0 Å². The third-order valence-electron chi connectivity index (χ3n) is 3.33. The van der Waals surface area contributed by atoms with E-state index in [4.69, 9.17) is 0 Å². The zero-order chi connectivity index (χ0) is 16.4. The Bertz CT molecular complexity index is 879. The molecule has 3 N–H and O–H groups in total. The maximum atomic E-state index is 12.3. The first-order chi connectivity index (χ1) is 11.1. The highest BCUT2D eigenvalue weighted by Gasteiger charge is 2.16. The van der Waals surface area contributed by atoms with Crippen molar-refractivity contribution in [2.24, 2.45) is 0 Å². The van der Waals surface area contributed by atoms with Crippen molar-refractivity contribution in [1.82, 2.24) is 20.2 Å². The molecule has 0 bridgehead atoms. The second-order valence-electron chi connectivity index (χ2n) is 5.26. The van der Waals surface area contributed by atoms with E-state index in [1.165, 1.54) is 23.6 Å². The number of pyridine rings is 1. The number of nitrogens with zero attached hydrogens (tertiary/aromatic N) is 2. The van der Waals surface area contributed by atoms with Gasteiger partial charge in [0.25, 0.3) is 11.5 Å². The Kier molecular flexibility index (Phi) is 4.07. The van der Waals surface area contributed by atoms with Crippen LogP contribution in [0.5, 0.6) is 0 Å². The molecule has 118 valence electrons. The minimum Gasteiger partial charge on any atom is -0.325 e. The molecular formula is C15H15N5O2S. The molecule has 23 heavy (non-hydrogen) atoms. The van der Waals surface area contributed by atoms with Gasteiger partial charge < -0.3 is 10.3 Å². The average Bonchev–Trinajstić information content (AvgIpc) is 3.17. The molecule has 0 saturated heterocycles. The number of amides is 1. The molecule has 3 rings (SSSR count). The Labute approximate surface area is 135 Å². The van der Waals surface area contributed by atoms with Gasteiger partial charge in [0.05, 0.1) is 11.9 Å². The van der Waals surface area contributed by atoms with Crippen molar-refractivity contribution in [2.45, 2.75) is 19.8 Å². The number of thiazole rings is 1. The molecule has 0 fully saturated rings. The smallest absolute Gasteiger partial charge is 0.261 e. The fourth-order valence-electron chi connectivity index (χ4n) is 2.08. The van der Waals surface area contributed by atoms with Gasteiger partial charge in [-0.15, -0.1) is 11.3 Å². The molecule has 8 heteroatoms. The number of carbonyl (C=O) groups excluding carboxylic acids is 1. The standard InChI is InChI=1S/C15H15N5O2S/c1-8(2)10-4-3-9(13(21)18-10)14(22)19-11-7-17-20-12(11)15-16-5-6-23-15/h3-8H,1-2H3,(H,17,20)(H,18,21)(H,19,22). The van der Waals surface area contributed by atoms with Crippen LogP contribution >= 0.6 is 11.3 Å². The summed E-state index contributed by atoms with van der Waals surface area (Å²) in [5, 5.41) is 12.0. The van der Waals surface area contributed by atoms with Gasteiger partial charge in [0.15, 0.2) is 0 Å². The largest absolute Gasteiger partial charge is 0.325 e. The molecule has 0 radical (unpaired) electrons. The Balaban J connectivity index is 1.86. The lowest BCUT2D eigenvalue weighted by Gasteiger charge is -2.07. The summed E-state index contributed by atoms with van der Waals surface area (Å²) in [6.45, 7) is 3.94. The highest BCUT2D eigenvalue weighted by atomic mass is 32.1. The number of rotatable bonds is 4. The topological polar surface area (TPSA) is 104 Å². The quantitative estimate of drug-likeness (QED) is 0.684. The molecular weight excluding hydrogens is 314 g/mol. The van der Waals surface area contributed by atoms with Crippen LogP contribution in [0.2, 0.25) is 0 Å². The van der Waals surface area contributed by atoms with Gasteiger partial charge in [-0.1, -0.05) is 13.8 Å². The Morgan fingerprint density at radius 1 is 1.35 bits per heavy atom. The molecule has 0 aliphatic rings. The van der Waals surface area contributed by atoms with Gasteiger partial charge in [0.1, 0.15) is 16.3 Å². The maximum Gasteiger partial charge on any atom is 0.261 e. The minimum atomic E-state index is -0.485. The number of aromatic amines is 2. The minimum absolute atomic E-state index is 0.0562. The van der Waals surface area contributed by atoms with Gasteiger partial charge in [-0.3, -0.25) is 14.7 Å². The fraction of sp³-hybridized carbons (Fsp3) is 0.200. The van der Waals surface area contributed by atoms with Gasteiger partial charge in [-0.2, -0.15) is 5.10 Å².